The maximum Gasteiger partial charge on any atom is 0.258 e. The number of aromatic nitrogens is 2. The molecule has 25 heavy (non-hydrogen) atoms. The minimum absolute atomic E-state index is 0.192. The molecule has 8 heteroatoms. The van der Waals surface area contributed by atoms with Gasteiger partial charge >= 0.3 is 0 Å². The first-order valence-electron chi connectivity index (χ1n) is 7.16. The number of nitrogens with one attached hydrogen (secondary N) is 1. The number of halogens is 4. The molecule has 0 spiro atoms. The highest BCUT2D eigenvalue weighted by molar-refractivity contribution is 9.10. The van der Waals surface area contributed by atoms with Gasteiger partial charge in [-0.2, -0.15) is 5.10 Å². The molecule has 1 N–H and O–H groups in total. The third kappa shape index (κ3) is 4.21. The Labute approximate surface area is 161 Å². The highest BCUT2D eigenvalue weighted by atomic mass is 79.9. The predicted octanol–water partition coefficient (Wildman–Crippen LogP) is 5.39. The molecule has 0 aliphatic rings. The number of anilines is 1. The predicted molar refractivity (Wildman–Crippen MR) is 99.8 cm³/mol. The molecule has 4 nitrogen and oxygen atoms in total. The molecule has 0 bridgehead atoms. The maximum atomic E-state index is 13.4. The highest BCUT2D eigenvalue weighted by Gasteiger charge is 2.14. The Morgan fingerprint density at radius 2 is 2.00 bits per heavy atom. The number of amides is 1. The van der Waals surface area contributed by atoms with Gasteiger partial charge in [0.15, 0.2) is 0 Å². The Bertz CT molecular complexity index is 945. The van der Waals surface area contributed by atoms with E-state index in [1.54, 1.807) is 35.1 Å². The van der Waals surface area contributed by atoms with Crippen LogP contribution >= 0.6 is 39.1 Å². The molecule has 0 atom stereocenters. The largest absolute Gasteiger partial charge is 0.307 e. The number of nitrogens with zero attached hydrogens (tertiary/aromatic N) is 2. The second kappa shape index (κ2) is 7.56. The van der Waals surface area contributed by atoms with Crippen molar-refractivity contribution in [1.82, 2.24) is 9.78 Å². The van der Waals surface area contributed by atoms with Crippen LogP contribution in [0.3, 0.4) is 0 Å². The fraction of sp³-hybridized carbons (Fsp3) is 0.0588. The van der Waals surface area contributed by atoms with E-state index in [1.165, 1.54) is 12.1 Å². The third-order valence-corrected chi connectivity index (χ3v) is 4.74. The monoisotopic (exact) mass is 441 g/mol. The minimum atomic E-state index is -0.491. The first-order valence-corrected chi connectivity index (χ1v) is 8.71. The van der Waals surface area contributed by atoms with Crippen molar-refractivity contribution in [3.05, 3.63) is 80.1 Å². The van der Waals surface area contributed by atoms with Gasteiger partial charge in [-0.05, 0) is 51.8 Å². The van der Waals surface area contributed by atoms with E-state index in [0.29, 0.717) is 26.9 Å². The number of hydrogen-bond acceptors (Lipinski definition) is 2. The van der Waals surface area contributed by atoms with E-state index in [1.807, 2.05) is 0 Å². The third-order valence-electron chi connectivity index (χ3n) is 3.47. The summed E-state index contributed by atoms with van der Waals surface area (Å²) in [4.78, 5) is 12.4. The smallest absolute Gasteiger partial charge is 0.258 e. The van der Waals surface area contributed by atoms with Crippen molar-refractivity contribution < 1.29 is 9.18 Å². The molecule has 0 radical (unpaired) electrons. The maximum absolute atomic E-state index is 13.4. The Balaban J connectivity index is 1.82. The van der Waals surface area contributed by atoms with Crippen molar-refractivity contribution in [2.75, 3.05) is 5.32 Å². The van der Waals surface area contributed by atoms with E-state index in [0.717, 1.165) is 11.6 Å². The molecule has 0 unspecified atom stereocenters. The van der Waals surface area contributed by atoms with E-state index in [-0.39, 0.29) is 5.56 Å². The molecule has 0 saturated carbocycles. The molecule has 3 aromatic rings. The standard InChI is InChI=1S/C17H11BrCl2FN3O/c18-14-4-3-12(21)8-13(14)17(25)23-16-5-6-22-24(16)9-10-1-2-11(19)7-15(10)20/h1-8H,9H2,(H,23,25). The summed E-state index contributed by atoms with van der Waals surface area (Å²) in [6.45, 7) is 0.350. The van der Waals surface area contributed by atoms with Crippen LogP contribution in [-0.2, 0) is 6.54 Å². The molecular weight excluding hydrogens is 432 g/mol. The van der Waals surface area contributed by atoms with Crippen molar-refractivity contribution in [3.63, 3.8) is 0 Å². The summed E-state index contributed by atoms with van der Waals surface area (Å²) in [5.74, 6) is -0.475. The van der Waals surface area contributed by atoms with Gasteiger partial charge in [-0.15, -0.1) is 0 Å². The Morgan fingerprint density at radius 3 is 2.76 bits per heavy atom. The molecule has 1 amide bonds. The average molecular weight is 443 g/mol. The van der Waals surface area contributed by atoms with Crippen molar-refractivity contribution in [2.24, 2.45) is 0 Å². The second-order valence-corrected chi connectivity index (χ2v) is 6.89. The van der Waals surface area contributed by atoms with Crippen molar-refractivity contribution in [3.8, 4) is 0 Å². The molecule has 0 aliphatic heterocycles. The van der Waals surface area contributed by atoms with Crippen molar-refractivity contribution in [2.45, 2.75) is 6.54 Å². The summed E-state index contributed by atoms with van der Waals surface area (Å²) in [6, 6.07) is 10.7. The van der Waals surface area contributed by atoms with Gasteiger partial charge in [0.05, 0.1) is 18.3 Å². The first-order chi connectivity index (χ1) is 11.9. The van der Waals surface area contributed by atoms with E-state index in [9.17, 15) is 9.18 Å². The van der Waals surface area contributed by atoms with Crippen LogP contribution < -0.4 is 5.32 Å². The van der Waals surface area contributed by atoms with E-state index in [4.69, 9.17) is 23.2 Å². The molecule has 2 aromatic carbocycles. The SMILES string of the molecule is O=C(Nc1ccnn1Cc1ccc(Cl)cc1Cl)c1cc(F)ccc1Br. The zero-order chi connectivity index (χ0) is 18.0. The van der Waals surface area contributed by atoms with Crippen LogP contribution in [-0.4, -0.2) is 15.7 Å². The second-order valence-electron chi connectivity index (χ2n) is 5.19. The van der Waals surface area contributed by atoms with Gasteiger partial charge in [-0.3, -0.25) is 4.79 Å². The van der Waals surface area contributed by atoms with Crippen LogP contribution in [0.15, 0.2) is 53.1 Å². The summed E-state index contributed by atoms with van der Waals surface area (Å²) in [7, 11) is 0. The molecule has 0 aliphatic carbocycles. The van der Waals surface area contributed by atoms with Gasteiger partial charge in [0.25, 0.3) is 5.91 Å². The van der Waals surface area contributed by atoms with Gasteiger partial charge in [0.1, 0.15) is 11.6 Å². The topological polar surface area (TPSA) is 46.9 Å². The molecule has 128 valence electrons. The first kappa shape index (κ1) is 17.9. The summed E-state index contributed by atoms with van der Waals surface area (Å²) in [6.07, 6.45) is 1.56. The number of rotatable bonds is 4. The van der Waals surface area contributed by atoms with Crippen LogP contribution in [0, 0.1) is 5.82 Å². The molecule has 1 heterocycles. The lowest BCUT2D eigenvalue weighted by Crippen LogP contribution is -2.17. The fourth-order valence-corrected chi connectivity index (χ4v) is 3.13. The molecule has 0 fully saturated rings. The summed E-state index contributed by atoms with van der Waals surface area (Å²) < 4.78 is 15.5. The van der Waals surface area contributed by atoms with Crippen molar-refractivity contribution >= 4 is 50.9 Å². The quantitative estimate of drug-likeness (QED) is 0.588. The van der Waals surface area contributed by atoms with Crippen molar-refractivity contribution in [1.29, 1.82) is 0 Å². The lowest BCUT2D eigenvalue weighted by atomic mass is 10.2. The van der Waals surface area contributed by atoms with E-state index < -0.39 is 11.7 Å². The van der Waals surface area contributed by atoms with Crippen LogP contribution in [0.2, 0.25) is 10.0 Å². The lowest BCUT2D eigenvalue weighted by Gasteiger charge is -2.11. The highest BCUT2D eigenvalue weighted by Crippen LogP contribution is 2.23. The van der Waals surface area contributed by atoms with Gasteiger partial charge in [0, 0.05) is 20.6 Å². The van der Waals surface area contributed by atoms with E-state index >= 15 is 0 Å². The van der Waals surface area contributed by atoms with Crippen LogP contribution in [0.4, 0.5) is 10.2 Å². The fourth-order valence-electron chi connectivity index (χ4n) is 2.23. The average Bonchev–Trinajstić information content (AvgIpc) is 2.99. The molecular formula is C17H11BrCl2FN3O. The molecule has 0 saturated heterocycles. The number of carbonyl (C=O) groups excluding carboxylic acids is 1. The molecule has 1 aromatic heterocycles. The number of carbonyl (C=O) groups is 1. The van der Waals surface area contributed by atoms with E-state index in [2.05, 4.69) is 26.3 Å². The van der Waals surface area contributed by atoms with Crippen LogP contribution in [0.1, 0.15) is 15.9 Å². The number of benzene rings is 2. The Hall–Kier alpha value is -1.89. The van der Waals surface area contributed by atoms with Gasteiger partial charge in [-0.1, -0.05) is 29.3 Å². The number of hydrogen-bond donors (Lipinski definition) is 1. The van der Waals surface area contributed by atoms with Crippen LogP contribution in [0.25, 0.3) is 0 Å². The van der Waals surface area contributed by atoms with Gasteiger partial charge < -0.3 is 5.32 Å². The Morgan fingerprint density at radius 1 is 1.20 bits per heavy atom. The Kier molecular flexibility index (Phi) is 5.42. The summed E-state index contributed by atoms with van der Waals surface area (Å²) in [5, 5.41) is 7.96. The molecule has 3 rings (SSSR count). The summed E-state index contributed by atoms with van der Waals surface area (Å²) >= 11 is 15.3. The lowest BCUT2D eigenvalue weighted by molar-refractivity contribution is 0.102. The zero-order valence-corrected chi connectivity index (χ0v) is 15.7. The normalized spacial score (nSPS) is 10.7. The van der Waals surface area contributed by atoms with Gasteiger partial charge in [-0.25, -0.2) is 9.07 Å². The minimum Gasteiger partial charge on any atom is -0.307 e. The summed E-state index contributed by atoms with van der Waals surface area (Å²) in [5.41, 5.74) is 0.995. The zero-order valence-electron chi connectivity index (χ0n) is 12.6. The van der Waals surface area contributed by atoms with Gasteiger partial charge in [0.2, 0.25) is 0 Å². The van der Waals surface area contributed by atoms with Crippen LogP contribution in [0.5, 0.6) is 0 Å².